The van der Waals surface area contributed by atoms with Gasteiger partial charge in [0.1, 0.15) is 0 Å². The van der Waals surface area contributed by atoms with Crippen molar-refractivity contribution in [2.45, 2.75) is 33.2 Å². The zero-order chi connectivity index (χ0) is 21.1. The topological polar surface area (TPSA) is 167 Å². The molecule has 0 fully saturated rings. The Morgan fingerprint density at radius 3 is 1.77 bits per heavy atom. The van der Waals surface area contributed by atoms with Gasteiger partial charge in [0.25, 0.3) is 20.2 Å². The van der Waals surface area contributed by atoms with Crippen LogP contribution in [0.4, 0.5) is 0 Å². The highest BCUT2D eigenvalue weighted by Gasteiger charge is 2.14. The van der Waals surface area contributed by atoms with Crippen molar-refractivity contribution in [2.24, 2.45) is 0 Å². The first-order valence-electron chi connectivity index (χ1n) is 7.35. The SMILES string of the molecule is C=C(C)C(=O)NC(C)CS(=O)(=O)O.C=C(C)C(=O)NCCCS(=O)(=O)O. The van der Waals surface area contributed by atoms with Gasteiger partial charge in [-0.05, 0) is 27.2 Å². The van der Waals surface area contributed by atoms with E-state index in [9.17, 15) is 26.4 Å². The average molecular weight is 415 g/mol. The molecule has 0 spiro atoms. The summed E-state index contributed by atoms with van der Waals surface area (Å²) in [5.41, 5.74) is 0.661. The van der Waals surface area contributed by atoms with Gasteiger partial charge in [0, 0.05) is 23.7 Å². The molecule has 4 N–H and O–H groups in total. The van der Waals surface area contributed by atoms with Gasteiger partial charge in [0.05, 0.1) is 11.5 Å². The molecule has 0 aromatic carbocycles. The summed E-state index contributed by atoms with van der Waals surface area (Å²) < 4.78 is 58.0. The molecule has 0 aromatic heterocycles. The van der Waals surface area contributed by atoms with Crippen molar-refractivity contribution >= 4 is 32.1 Å². The van der Waals surface area contributed by atoms with Gasteiger partial charge in [-0.2, -0.15) is 16.8 Å². The van der Waals surface area contributed by atoms with Gasteiger partial charge in [-0.25, -0.2) is 0 Å². The number of hydrogen-bond donors (Lipinski definition) is 4. The van der Waals surface area contributed by atoms with Gasteiger partial charge in [0.2, 0.25) is 11.8 Å². The highest BCUT2D eigenvalue weighted by molar-refractivity contribution is 7.86. The van der Waals surface area contributed by atoms with E-state index in [1.54, 1.807) is 6.92 Å². The second kappa shape index (κ2) is 11.8. The van der Waals surface area contributed by atoms with Crippen LogP contribution in [-0.2, 0) is 29.8 Å². The van der Waals surface area contributed by atoms with Crippen molar-refractivity contribution in [2.75, 3.05) is 18.1 Å². The Hall–Kier alpha value is -1.76. The molecular formula is C14H26N2O8S2. The summed E-state index contributed by atoms with van der Waals surface area (Å²) in [5.74, 6) is -1.57. The number of amides is 2. The second-order valence-corrected chi connectivity index (χ2v) is 8.65. The Bertz CT molecular complexity index is 726. The molecule has 0 rings (SSSR count). The van der Waals surface area contributed by atoms with Crippen molar-refractivity contribution in [3.05, 3.63) is 24.3 Å². The van der Waals surface area contributed by atoms with E-state index in [2.05, 4.69) is 23.8 Å². The molecule has 0 heterocycles. The van der Waals surface area contributed by atoms with E-state index in [1.165, 1.54) is 13.8 Å². The van der Waals surface area contributed by atoms with Crippen LogP contribution in [0.1, 0.15) is 27.2 Å². The van der Waals surface area contributed by atoms with E-state index in [0.29, 0.717) is 11.1 Å². The Labute approximate surface area is 154 Å². The molecule has 10 nitrogen and oxygen atoms in total. The van der Waals surface area contributed by atoms with Gasteiger partial charge in [-0.1, -0.05) is 13.2 Å². The Morgan fingerprint density at radius 1 is 0.962 bits per heavy atom. The molecular weight excluding hydrogens is 388 g/mol. The summed E-state index contributed by atoms with van der Waals surface area (Å²) in [4.78, 5) is 21.8. The monoisotopic (exact) mass is 414 g/mol. The molecule has 0 radical (unpaired) electrons. The highest BCUT2D eigenvalue weighted by atomic mass is 32.2. The van der Waals surface area contributed by atoms with Gasteiger partial charge < -0.3 is 10.6 Å². The fourth-order valence-electron chi connectivity index (χ4n) is 1.31. The van der Waals surface area contributed by atoms with Crippen LogP contribution in [-0.4, -0.2) is 61.8 Å². The van der Waals surface area contributed by atoms with E-state index in [4.69, 9.17) is 9.11 Å². The smallest absolute Gasteiger partial charge is 0.266 e. The fraction of sp³-hybridized carbons (Fsp3) is 0.571. The molecule has 12 heteroatoms. The van der Waals surface area contributed by atoms with Crippen LogP contribution in [0.3, 0.4) is 0 Å². The van der Waals surface area contributed by atoms with E-state index >= 15 is 0 Å². The minimum atomic E-state index is -4.04. The first-order chi connectivity index (χ1) is 11.5. The lowest BCUT2D eigenvalue weighted by molar-refractivity contribution is -0.118. The van der Waals surface area contributed by atoms with Gasteiger partial charge in [0.15, 0.2) is 0 Å². The summed E-state index contributed by atoms with van der Waals surface area (Å²) >= 11 is 0. The zero-order valence-electron chi connectivity index (χ0n) is 15.0. The molecule has 0 bridgehead atoms. The summed E-state index contributed by atoms with van der Waals surface area (Å²) in [6.07, 6.45) is 0.192. The predicted molar refractivity (Wildman–Crippen MR) is 97.7 cm³/mol. The van der Waals surface area contributed by atoms with Crippen LogP contribution >= 0.6 is 0 Å². The maximum Gasteiger partial charge on any atom is 0.266 e. The number of rotatable bonds is 9. The first-order valence-corrected chi connectivity index (χ1v) is 10.6. The third-order valence-electron chi connectivity index (χ3n) is 2.48. The standard InChI is InChI=1S/2C7H13NO4S/c1-5(2)7(9)8-6(3)4-13(10,11)12;1-6(2)7(9)8-4-3-5-13(10,11)12/h6H,1,4H2,2-3H3,(H,8,9)(H,10,11,12);1,3-5H2,2H3,(H,8,9)(H,10,11,12). The van der Waals surface area contributed by atoms with Gasteiger partial charge in [-0.15, -0.1) is 0 Å². The molecule has 26 heavy (non-hydrogen) atoms. The molecule has 0 aromatic rings. The quantitative estimate of drug-likeness (QED) is 0.231. The number of carbonyl (C=O) groups is 2. The summed E-state index contributed by atoms with van der Waals surface area (Å²) in [6, 6.07) is -0.626. The van der Waals surface area contributed by atoms with E-state index < -0.39 is 37.9 Å². The molecule has 0 aliphatic carbocycles. The number of nitrogens with one attached hydrogen (secondary N) is 2. The van der Waals surface area contributed by atoms with Crippen LogP contribution in [0, 0.1) is 0 Å². The van der Waals surface area contributed by atoms with Crippen LogP contribution < -0.4 is 10.6 Å². The third kappa shape index (κ3) is 18.6. The van der Waals surface area contributed by atoms with Crippen molar-refractivity contribution in [1.29, 1.82) is 0 Å². The normalized spacial score (nSPS) is 12.2. The highest BCUT2D eigenvalue weighted by Crippen LogP contribution is 1.93. The maximum absolute atomic E-state index is 11.0. The van der Waals surface area contributed by atoms with Gasteiger partial charge in [-0.3, -0.25) is 18.7 Å². The lowest BCUT2D eigenvalue weighted by atomic mass is 10.3. The summed E-state index contributed by atoms with van der Waals surface area (Å²) in [5, 5.41) is 4.80. The van der Waals surface area contributed by atoms with Crippen molar-refractivity contribution < 1.29 is 35.5 Å². The average Bonchev–Trinajstić information content (AvgIpc) is 2.40. The van der Waals surface area contributed by atoms with Gasteiger partial charge >= 0.3 is 0 Å². The Morgan fingerprint density at radius 2 is 1.42 bits per heavy atom. The maximum atomic E-state index is 11.0. The van der Waals surface area contributed by atoms with Crippen LogP contribution in [0.2, 0.25) is 0 Å². The minimum Gasteiger partial charge on any atom is -0.352 e. The molecule has 1 atom stereocenters. The molecule has 0 saturated carbocycles. The van der Waals surface area contributed by atoms with Crippen molar-refractivity contribution in [3.8, 4) is 0 Å². The van der Waals surface area contributed by atoms with Crippen LogP contribution in [0.5, 0.6) is 0 Å². The molecule has 2 amide bonds. The molecule has 152 valence electrons. The third-order valence-corrected chi connectivity index (χ3v) is 4.20. The second-order valence-electron chi connectivity index (χ2n) is 5.58. The minimum absolute atomic E-state index is 0.192. The largest absolute Gasteiger partial charge is 0.352 e. The molecule has 0 aliphatic heterocycles. The zero-order valence-corrected chi connectivity index (χ0v) is 16.6. The van der Waals surface area contributed by atoms with E-state index in [1.807, 2.05) is 0 Å². The van der Waals surface area contributed by atoms with Crippen molar-refractivity contribution in [1.82, 2.24) is 10.6 Å². The fourth-order valence-corrected chi connectivity index (χ4v) is 2.54. The summed E-state index contributed by atoms with van der Waals surface area (Å²) in [7, 11) is -7.96. The lowest BCUT2D eigenvalue weighted by Gasteiger charge is -2.11. The predicted octanol–water partition coefficient (Wildman–Crippen LogP) is -0.0884. The van der Waals surface area contributed by atoms with Crippen molar-refractivity contribution in [3.63, 3.8) is 0 Å². The van der Waals surface area contributed by atoms with E-state index in [-0.39, 0.29) is 24.6 Å². The molecule has 0 aliphatic rings. The molecule has 0 saturated heterocycles. The Kier molecular flexibility index (Phi) is 12.0. The summed E-state index contributed by atoms with van der Waals surface area (Å²) in [6.45, 7) is 11.5. The Balaban J connectivity index is 0. The molecule has 1 unspecified atom stereocenters. The lowest BCUT2D eigenvalue weighted by Crippen LogP contribution is -2.37. The number of carbonyl (C=O) groups excluding carboxylic acids is 2. The van der Waals surface area contributed by atoms with Crippen LogP contribution in [0.15, 0.2) is 24.3 Å². The number of hydrogen-bond acceptors (Lipinski definition) is 6. The van der Waals surface area contributed by atoms with E-state index in [0.717, 1.165) is 0 Å². The first kappa shape index (κ1) is 26.5. The van der Waals surface area contributed by atoms with Crippen LogP contribution in [0.25, 0.3) is 0 Å².